The van der Waals surface area contributed by atoms with E-state index in [2.05, 4.69) is 10.0 Å². The van der Waals surface area contributed by atoms with E-state index in [1.54, 1.807) is 37.3 Å². The molecule has 0 spiro atoms. The van der Waals surface area contributed by atoms with Gasteiger partial charge >= 0.3 is 0 Å². The van der Waals surface area contributed by atoms with Gasteiger partial charge in [0.25, 0.3) is 15.9 Å². The van der Waals surface area contributed by atoms with E-state index in [9.17, 15) is 13.2 Å². The molecule has 0 fully saturated rings. The number of benzene rings is 3. The minimum absolute atomic E-state index is 0.0189. The summed E-state index contributed by atoms with van der Waals surface area (Å²) in [6.45, 7) is 4.13. The van der Waals surface area contributed by atoms with E-state index in [-0.39, 0.29) is 28.6 Å². The first-order valence-corrected chi connectivity index (χ1v) is 12.0. The normalized spacial score (nSPS) is 11.1. The number of hydrogen-bond acceptors (Lipinski definition) is 4. The van der Waals surface area contributed by atoms with Crippen LogP contribution in [0.1, 0.15) is 21.5 Å². The second-order valence-corrected chi connectivity index (χ2v) is 9.62. The van der Waals surface area contributed by atoms with Gasteiger partial charge in [0.1, 0.15) is 17.3 Å². The van der Waals surface area contributed by atoms with Crippen molar-refractivity contribution in [2.45, 2.75) is 18.7 Å². The van der Waals surface area contributed by atoms with E-state index in [0.717, 1.165) is 11.1 Å². The van der Waals surface area contributed by atoms with Gasteiger partial charge in [-0.3, -0.25) is 9.52 Å². The van der Waals surface area contributed by atoms with Crippen LogP contribution in [0.5, 0.6) is 5.75 Å². The summed E-state index contributed by atoms with van der Waals surface area (Å²) in [6, 6.07) is 16.4. The van der Waals surface area contributed by atoms with E-state index >= 15 is 0 Å². The summed E-state index contributed by atoms with van der Waals surface area (Å²) >= 11 is 12.0. The van der Waals surface area contributed by atoms with Gasteiger partial charge in [0, 0.05) is 10.6 Å². The number of amides is 1. The topological polar surface area (TPSA) is 84.5 Å². The molecule has 3 rings (SSSR count). The molecule has 6 nitrogen and oxygen atoms in total. The van der Waals surface area contributed by atoms with Crippen LogP contribution in [-0.2, 0) is 10.0 Å². The number of aryl methyl sites for hydroxylation is 2. The standard InChI is InChI=1S/C23H22Cl2N2O4S/c1-15-3-4-16(2)21(13-15)27-32(29,30)22-14-17(5-10-20(22)25)23(28)26-11-12-31-19-8-6-18(24)7-9-19/h3-10,13-14,27H,11-12H2,1-2H3,(H,26,28). The van der Waals surface area contributed by atoms with Crippen molar-refractivity contribution in [3.05, 3.63) is 87.4 Å². The highest BCUT2D eigenvalue weighted by Gasteiger charge is 2.21. The second kappa shape index (κ2) is 10.3. The van der Waals surface area contributed by atoms with Gasteiger partial charge in [-0.1, -0.05) is 35.3 Å². The molecule has 2 N–H and O–H groups in total. The van der Waals surface area contributed by atoms with E-state index < -0.39 is 15.9 Å². The highest BCUT2D eigenvalue weighted by atomic mass is 35.5. The van der Waals surface area contributed by atoms with E-state index in [0.29, 0.717) is 16.5 Å². The lowest BCUT2D eigenvalue weighted by Gasteiger charge is -2.13. The maximum atomic E-state index is 12.9. The molecule has 0 aliphatic carbocycles. The summed E-state index contributed by atoms with van der Waals surface area (Å²) in [5.41, 5.74) is 2.30. The van der Waals surface area contributed by atoms with Gasteiger partial charge in [-0.2, -0.15) is 0 Å². The Morgan fingerprint density at radius 3 is 2.41 bits per heavy atom. The Balaban J connectivity index is 1.68. The molecule has 0 radical (unpaired) electrons. The average molecular weight is 493 g/mol. The fraction of sp³-hybridized carbons (Fsp3) is 0.174. The molecule has 0 saturated heterocycles. The fourth-order valence-corrected chi connectivity index (χ4v) is 4.64. The Kier molecular flexibility index (Phi) is 7.66. The number of sulfonamides is 1. The molecule has 0 aliphatic heterocycles. The van der Waals surface area contributed by atoms with Crippen LogP contribution in [0.15, 0.2) is 65.6 Å². The number of hydrogen-bond donors (Lipinski definition) is 2. The van der Waals surface area contributed by atoms with Crippen LogP contribution in [-0.4, -0.2) is 27.5 Å². The van der Waals surface area contributed by atoms with Crippen molar-refractivity contribution in [1.29, 1.82) is 0 Å². The SMILES string of the molecule is Cc1ccc(C)c(NS(=O)(=O)c2cc(C(=O)NCCOc3ccc(Cl)cc3)ccc2Cl)c1. The summed E-state index contributed by atoms with van der Waals surface area (Å²) in [5, 5.41) is 3.32. The molecule has 3 aromatic carbocycles. The molecule has 9 heteroatoms. The van der Waals surface area contributed by atoms with Crippen molar-refractivity contribution < 1.29 is 17.9 Å². The van der Waals surface area contributed by atoms with Crippen LogP contribution in [0.25, 0.3) is 0 Å². The maximum Gasteiger partial charge on any atom is 0.263 e. The van der Waals surface area contributed by atoms with Crippen molar-refractivity contribution in [3.8, 4) is 5.75 Å². The zero-order chi connectivity index (χ0) is 23.3. The number of halogens is 2. The third kappa shape index (κ3) is 6.16. The van der Waals surface area contributed by atoms with Gasteiger partial charge in [-0.15, -0.1) is 0 Å². The number of ether oxygens (including phenoxy) is 1. The number of carbonyl (C=O) groups is 1. The average Bonchev–Trinajstić information content (AvgIpc) is 2.75. The zero-order valence-electron chi connectivity index (χ0n) is 17.5. The first-order valence-electron chi connectivity index (χ1n) is 9.72. The molecule has 0 bridgehead atoms. The van der Waals surface area contributed by atoms with Crippen molar-refractivity contribution in [2.75, 3.05) is 17.9 Å². The number of carbonyl (C=O) groups excluding carboxylic acids is 1. The van der Waals surface area contributed by atoms with Crippen LogP contribution in [0.3, 0.4) is 0 Å². The van der Waals surface area contributed by atoms with Crippen LogP contribution in [0.2, 0.25) is 10.0 Å². The third-order valence-corrected chi connectivity index (χ3v) is 6.69. The molecule has 0 aromatic heterocycles. The molecule has 0 aliphatic rings. The van der Waals surface area contributed by atoms with Crippen molar-refractivity contribution >= 4 is 44.8 Å². The Bertz CT molecular complexity index is 1230. The molecule has 32 heavy (non-hydrogen) atoms. The molecule has 0 unspecified atom stereocenters. The number of rotatable bonds is 8. The first kappa shape index (κ1) is 23.9. The lowest BCUT2D eigenvalue weighted by Crippen LogP contribution is -2.28. The van der Waals surface area contributed by atoms with E-state index in [1.807, 2.05) is 19.1 Å². The summed E-state index contributed by atoms with van der Waals surface area (Å²) in [4.78, 5) is 12.3. The highest BCUT2D eigenvalue weighted by molar-refractivity contribution is 7.92. The van der Waals surface area contributed by atoms with Crippen LogP contribution in [0.4, 0.5) is 5.69 Å². The van der Waals surface area contributed by atoms with Crippen LogP contribution in [0, 0.1) is 13.8 Å². The van der Waals surface area contributed by atoms with Gasteiger partial charge in [-0.05, 0) is 73.5 Å². The summed E-state index contributed by atoms with van der Waals surface area (Å²) in [6.07, 6.45) is 0. The first-order chi connectivity index (χ1) is 15.2. The minimum atomic E-state index is -4.00. The number of nitrogens with one attached hydrogen (secondary N) is 2. The summed E-state index contributed by atoms with van der Waals surface area (Å²) in [5.74, 6) is 0.186. The van der Waals surface area contributed by atoms with Gasteiger partial charge in [-0.25, -0.2) is 8.42 Å². The lowest BCUT2D eigenvalue weighted by molar-refractivity contribution is 0.0947. The quantitative estimate of drug-likeness (QED) is 0.422. The largest absolute Gasteiger partial charge is 0.492 e. The lowest BCUT2D eigenvalue weighted by atomic mass is 10.1. The molecular formula is C23H22Cl2N2O4S. The Labute approximate surface area is 197 Å². The molecule has 0 atom stereocenters. The third-order valence-electron chi connectivity index (χ3n) is 4.59. The predicted octanol–water partition coefficient (Wildman–Crippen LogP) is 5.22. The summed E-state index contributed by atoms with van der Waals surface area (Å²) < 4.78 is 34.0. The monoisotopic (exact) mass is 492 g/mol. The molecule has 168 valence electrons. The van der Waals surface area contributed by atoms with Crippen LogP contribution >= 0.6 is 23.2 Å². The minimum Gasteiger partial charge on any atom is -0.492 e. The Hall–Kier alpha value is -2.74. The van der Waals surface area contributed by atoms with Gasteiger partial charge in [0.2, 0.25) is 0 Å². The Morgan fingerprint density at radius 2 is 1.69 bits per heavy atom. The predicted molar refractivity (Wildman–Crippen MR) is 127 cm³/mol. The van der Waals surface area contributed by atoms with E-state index in [1.165, 1.54) is 18.2 Å². The highest BCUT2D eigenvalue weighted by Crippen LogP contribution is 2.27. The van der Waals surface area contributed by atoms with E-state index in [4.69, 9.17) is 27.9 Å². The summed E-state index contributed by atoms with van der Waals surface area (Å²) in [7, 11) is -4.00. The van der Waals surface area contributed by atoms with Crippen molar-refractivity contribution in [1.82, 2.24) is 5.32 Å². The van der Waals surface area contributed by atoms with Gasteiger partial charge < -0.3 is 10.1 Å². The van der Waals surface area contributed by atoms with Gasteiger partial charge in [0.15, 0.2) is 0 Å². The van der Waals surface area contributed by atoms with Crippen LogP contribution < -0.4 is 14.8 Å². The zero-order valence-corrected chi connectivity index (χ0v) is 19.8. The maximum absolute atomic E-state index is 12.9. The Morgan fingerprint density at radius 1 is 0.969 bits per heavy atom. The molecule has 1 amide bonds. The molecular weight excluding hydrogens is 471 g/mol. The molecule has 0 heterocycles. The fourth-order valence-electron chi connectivity index (χ4n) is 2.86. The van der Waals surface area contributed by atoms with Gasteiger partial charge in [0.05, 0.1) is 17.3 Å². The van der Waals surface area contributed by atoms with Crippen molar-refractivity contribution in [2.24, 2.45) is 0 Å². The number of anilines is 1. The molecule has 3 aromatic rings. The molecule has 0 saturated carbocycles. The van der Waals surface area contributed by atoms with Crippen molar-refractivity contribution in [3.63, 3.8) is 0 Å². The smallest absolute Gasteiger partial charge is 0.263 e. The second-order valence-electron chi connectivity index (χ2n) is 7.13.